The van der Waals surface area contributed by atoms with E-state index >= 15 is 0 Å². The molecule has 1 aromatic heterocycles. The van der Waals surface area contributed by atoms with E-state index in [9.17, 15) is 4.79 Å². The Bertz CT molecular complexity index is 719. The summed E-state index contributed by atoms with van der Waals surface area (Å²) < 4.78 is 1.95. The number of fused-ring (bicyclic) bond motifs is 1. The van der Waals surface area contributed by atoms with E-state index in [-0.39, 0.29) is 5.78 Å². The summed E-state index contributed by atoms with van der Waals surface area (Å²) >= 11 is 0. The Kier molecular flexibility index (Phi) is 2.99. The number of para-hydroxylation sites is 1. The maximum atomic E-state index is 12.9. The van der Waals surface area contributed by atoms with Crippen LogP contribution in [0.3, 0.4) is 0 Å². The molecule has 1 aromatic carbocycles. The van der Waals surface area contributed by atoms with Crippen molar-refractivity contribution in [2.45, 2.75) is 31.2 Å². The molecule has 5 nitrogen and oxygen atoms in total. The molecule has 20 heavy (non-hydrogen) atoms. The Labute approximate surface area is 116 Å². The molecule has 3 rings (SSSR count). The molecule has 1 saturated carbocycles. The SMILES string of the molecule is Cn1cc(C(=O)C2(N=[N+]=[N-])CCCC2)c2ccccc21. The molecule has 0 bridgehead atoms. The molecule has 102 valence electrons. The third-order valence-electron chi connectivity index (χ3n) is 4.23. The summed E-state index contributed by atoms with van der Waals surface area (Å²) in [5.74, 6) is -0.0374. The fourth-order valence-electron chi connectivity index (χ4n) is 3.19. The third kappa shape index (κ3) is 1.79. The average molecular weight is 268 g/mol. The second-order valence-corrected chi connectivity index (χ2v) is 5.43. The van der Waals surface area contributed by atoms with Crippen LogP contribution in [0.2, 0.25) is 0 Å². The lowest BCUT2D eigenvalue weighted by Crippen LogP contribution is -2.32. The van der Waals surface area contributed by atoms with Crippen molar-refractivity contribution in [3.8, 4) is 0 Å². The van der Waals surface area contributed by atoms with E-state index in [0.717, 1.165) is 23.7 Å². The molecule has 0 aliphatic heterocycles. The van der Waals surface area contributed by atoms with E-state index in [2.05, 4.69) is 10.0 Å². The number of Topliss-reactive ketones (excluding diaryl/α,β-unsaturated/α-hetero) is 1. The first-order valence-electron chi connectivity index (χ1n) is 6.83. The highest BCUT2D eigenvalue weighted by molar-refractivity contribution is 6.12. The van der Waals surface area contributed by atoms with Crippen molar-refractivity contribution in [2.75, 3.05) is 0 Å². The number of rotatable bonds is 3. The van der Waals surface area contributed by atoms with Crippen molar-refractivity contribution in [1.82, 2.24) is 4.57 Å². The van der Waals surface area contributed by atoms with Gasteiger partial charge >= 0.3 is 0 Å². The van der Waals surface area contributed by atoms with Crippen LogP contribution in [-0.4, -0.2) is 15.9 Å². The number of nitrogens with zero attached hydrogens (tertiary/aromatic N) is 4. The van der Waals surface area contributed by atoms with E-state index in [1.165, 1.54) is 0 Å². The molecule has 0 amide bonds. The van der Waals surface area contributed by atoms with Crippen LogP contribution in [0.4, 0.5) is 0 Å². The zero-order valence-electron chi connectivity index (χ0n) is 11.4. The van der Waals surface area contributed by atoms with Crippen molar-refractivity contribution in [3.05, 3.63) is 46.5 Å². The average Bonchev–Trinajstić information content (AvgIpc) is 3.05. The van der Waals surface area contributed by atoms with Gasteiger partial charge in [-0.25, -0.2) is 0 Å². The number of benzene rings is 1. The molecule has 0 spiro atoms. The van der Waals surface area contributed by atoms with Gasteiger partial charge in [-0.15, -0.1) is 0 Å². The molecular weight excluding hydrogens is 252 g/mol. The zero-order valence-corrected chi connectivity index (χ0v) is 11.4. The van der Waals surface area contributed by atoms with Crippen LogP contribution in [-0.2, 0) is 7.05 Å². The van der Waals surface area contributed by atoms with Crippen molar-refractivity contribution in [1.29, 1.82) is 0 Å². The number of aromatic nitrogens is 1. The Morgan fingerprint density at radius 3 is 2.75 bits per heavy atom. The standard InChI is InChI=1S/C15H16N4O/c1-19-10-12(11-6-2-3-7-13(11)19)14(20)15(17-18-16)8-4-5-9-15/h2-3,6-7,10H,4-5,8-9H2,1H3. The van der Waals surface area contributed by atoms with E-state index in [0.29, 0.717) is 18.4 Å². The molecule has 0 radical (unpaired) electrons. The van der Waals surface area contributed by atoms with Gasteiger partial charge in [0.25, 0.3) is 0 Å². The van der Waals surface area contributed by atoms with Gasteiger partial charge in [-0.1, -0.05) is 36.2 Å². The van der Waals surface area contributed by atoms with Crippen LogP contribution in [0.15, 0.2) is 35.6 Å². The third-order valence-corrected chi connectivity index (χ3v) is 4.23. The summed E-state index contributed by atoms with van der Waals surface area (Å²) in [6.45, 7) is 0. The quantitative estimate of drug-likeness (QED) is 0.359. The Morgan fingerprint density at radius 2 is 2.05 bits per heavy atom. The molecule has 1 aliphatic carbocycles. The van der Waals surface area contributed by atoms with Crippen LogP contribution in [0.5, 0.6) is 0 Å². The van der Waals surface area contributed by atoms with E-state index in [1.54, 1.807) is 0 Å². The lowest BCUT2D eigenvalue weighted by Gasteiger charge is -2.20. The number of hydrogen-bond donors (Lipinski definition) is 0. The molecule has 1 heterocycles. The second kappa shape index (κ2) is 4.69. The van der Waals surface area contributed by atoms with Crippen molar-refractivity contribution >= 4 is 16.7 Å². The summed E-state index contributed by atoms with van der Waals surface area (Å²) in [7, 11) is 1.92. The first kappa shape index (κ1) is 12.8. The molecule has 1 aliphatic rings. The summed E-state index contributed by atoms with van der Waals surface area (Å²) in [5.41, 5.74) is 9.61. The largest absolute Gasteiger partial charge is 0.350 e. The van der Waals surface area contributed by atoms with Gasteiger partial charge in [-0.3, -0.25) is 4.79 Å². The summed E-state index contributed by atoms with van der Waals surface area (Å²) in [4.78, 5) is 15.8. The van der Waals surface area contributed by atoms with Crippen molar-refractivity contribution < 1.29 is 4.79 Å². The normalized spacial score (nSPS) is 17.1. The predicted molar refractivity (Wildman–Crippen MR) is 77.6 cm³/mol. The maximum Gasteiger partial charge on any atom is 0.177 e. The van der Waals surface area contributed by atoms with Gasteiger partial charge in [-0.2, -0.15) is 0 Å². The Hall–Kier alpha value is -2.26. The molecule has 0 N–H and O–H groups in total. The monoisotopic (exact) mass is 268 g/mol. The number of hydrogen-bond acceptors (Lipinski definition) is 2. The van der Waals surface area contributed by atoms with Gasteiger partial charge in [0.15, 0.2) is 5.78 Å². The van der Waals surface area contributed by atoms with Crippen molar-refractivity contribution in [3.63, 3.8) is 0 Å². The minimum atomic E-state index is -0.876. The van der Waals surface area contributed by atoms with E-state index in [4.69, 9.17) is 5.53 Å². The van der Waals surface area contributed by atoms with Gasteiger partial charge in [0.05, 0.1) is 0 Å². The summed E-state index contributed by atoms with van der Waals surface area (Å²) in [6.07, 6.45) is 5.03. The van der Waals surface area contributed by atoms with Crippen LogP contribution in [0.25, 0.3) is 21.3 Å². The van der Waals surface area contributed by atoms with Gasteiger partial charge in [0, 0.05) is 34.6 Å². The Balaban J connectivity index is 2.15. The molecular formula is C15H16N4O. The van der Waals surface area contributed by atoms with Crippen molar-refractivity contribution in [2.24, 2.45) is 12.2 Å². The predicted octanol–water partition coefficient (Wildman–Crippen LogP) is 3.98. The summed E-state index contributed by atoms with van der Waals surface area (Å²) in [6, 6.07) is 7.81. The van der Waals surface area contributed by atoms with Crippen LogP contribution < -0.4 is 0 Å². The summed E-state index contributed by atoms with van der Waals surface area (Å²) in [5, 5.41) is 4.80. The first-order valence-corrected chi connectivity index (χ1v) is 6.83. The lowest BCUT2D eigenvalue weighted by atomic mass is 9.88. The molecule has 2 aromatic rings. The molecule has 1 fully saturated rings. The zero-order chi connectivity index (χ0) is 14.2. The highest BCUT2D eigenvalue weighted by Gasteiger charge is 2.41. The molecule has 0 unspecified atom stereocenters. The van der Waals surface area contributed by atoms with Crippen LogP contribution in [0, 0.1) is 0 Å². The number of carbonyl (C=O) groups is 1. The minimum Gasteiger partial charge on any atom is -0.350 e. The van der Waals surface area contributed by atoms with Gasteiger partial charge in [0.1, 0.15) is 5.54 Å². The Morgan fingerprint density at radius 1 is 1.35 bits per heavy atom. The molecule has 0 atom stereocenters. The molecule has 0 saturated heterocycles. The highest BCUT2D eigenvalue weighted by Crippen LogP contribution is 2.38. The fraction of sp³-hybridized carbons (Fsp3) is 0.400. The molecule has 5 heteroatoms. The topological polar surface area (TPSA) is 70.8 Å². The fourth-order valence-corrected chi connectivity index (χ4v) is 3.19. The number of azide groups is 1. The number of carbonyl (C=O) groups excluding carboxylic acids is 1. The highest BCUT2D eigenvalue weighted by atomic mass is 16.1. The second-order valence-electron chi connectivity index (χ2n) is 5.43. The van der Waals surface area contributed by atoms with Gasteiger partial charge in [-0.05, 0) is 24.4 Å². The number of ketones is 1. The van der Waals surface area contributed by atoms with Crippen LogP contribution >= 0.6 is 0 Å². The number of aryl methyl sites for hydroxylation is 1. The minimum absolute atomic E-state index is 0.0374. The van der Waals surface area contributed by atoms with Crippen LogP contribution in [0.1, 0.15) is 36.0 Å². The smallest absolute Gasteiger partial charge is 0.177 e. The van der Waals surface area contributed by atoms with E-state index < -0.39 is 5.54 Å². The lowest BCUT2D eigenvalue weighted by molar-refractivity contribution is 0.0894. The van der Waals surface area contributed by atoms with Gasteiger partial charge in [0.2, 0.25) is 0 Å². The first-order chi connectivity index (χ1) is 9.68. The van der Waals surface area contributed by atoms with Gasteiger partial charge < -0.3 is 4.57 Å². The van der Waals surface area contributed by atoms with E-state index in [1.807, 2.05) is 42.1 Å². The maximum absolute atomic E-state index is 12.9.